The molecular formula is C6H8ClN3O2. The first-order chi connectivity index (χ1) is 5.80. The van der Waals surface area contributed by atoms with Crippen LogP contribution >= 0.6 is 11.6 Å². The zero-order valence-corrected chi connectivity index (χ0v) is 7.50. The average molecular weight is 190 g/mol. The molecule has 0 bridgehead atoms. The molecule has 0 N–H and O–H groups in total. The molecule has 0 aliphatic heterocycles. The molecular weight excluding hydrogens is 182 g/mol. The van der Waals surface area contributed by atoms with Crippen molar-refractivity contribution in [1.82, 2.24) is 15.0 Å². The summed E-state index contributed by atoms with van der Waals surface area (Å²) < 4.78 is 9.60. The van der Waals surface area contributed by atoms with Crippen LogP contribution in [0.4, 0.5) is 0 Å². The lowest BCUT2D eigenvalue weighted by Crippen LogP contribution is -2.01. The van der Waals surface area contributed by atoms with Crippen LogP contribution < -0.4 is 9.47 Å². The van der Waals surface area contributed by atoms with Crippen molar-refractivity contribution in [2.24, 2.45) is 0 Å². The highest BCUT2D eigenvalue weighted by molar-refractivity contribution is 6.16. The van der Waals surface area contributed by atoms with Crippen molar-refractivity contribution in [3.05, 3.63) is 5.82 Å². The first-order valence-electron chi connectivity index (χ1n) is 3.19. The van der Waals surface area contributed by atoms with Crippen molar-refractivity contribution >= 4 is 11.6 Å². The molecule has 0 saturated heterocycles. The van der Waals surface area contributed by atoms with Crippen LogP contribution in [0.3, 0.4) is 0 Å². The third-order valence-corrected chi connectivity index (χ3v) is 1.36. The molecule has 0 radical (unpaired) electrons. The zero-order valence-electron chi connectivity index (χ0n) is 6.74. The Morgan fingerprint density at radius 1 is 1.08 bits per heavy atom. The van der Waals surface area contributed by atoms with Crippen LogP contribution in [0.5, 0.6) is 12.0 Å². The lowest BCUT2D eigenvalue weighted by atomic mass is 10.7. The van der Waals surface area contributed by atoms with Crippen molar-refractivity contribution < 1.29 is 9.47 Å². The van der Waals surface area contributed by atoms with Crippen molar-refractivity contribution in [3.63, 3.8) is 0 Å². The molecule has 5 nitrogen and oxygen atoms in total. The Morgan fingerprint density at radius 3 is 1.92 bits per heavy atom. The minimum Gasteiger partial charge on any atom is -0.467 e. The van der Waals surface area contributed by atoms with E-state index in [0.717, 1.165) is 0 Å². The molecule has 12 heavy (non-hydrogen) atoms. The Balaban J connectivity index is 3.01. The van der Waals surface area contributed by atoms with Gasteiger partial charge in [-0.05, 0) is 0 Å². The van der Waals surface area contributed by atoms with E-state index in [-0.39, 0.29) is 17.9 Å². The minimum atomic E-state index is 0.204. The van der Waals surface area contributed by atoms with Crippen LogP contribution in [0.2, 0.25) is 0 Å². The number of halogens is 1. The summed E-state index contributed by atoms with van der Waals surface area (Å²) in [6, 6.07) is 0.412. The Bertz CT molecular complexity index is 214. The van der Waals surface area contributed by atoms with Gasteiger partial charge in [0.15, 0.2) is 5.82 Å². The fraction of sp³-hybridized carbons (Fsp3) is 0.500. The van der Waals surface area contributed by atoms with E-state index < -0.39 is 0 Å². The number of rotatable bonds is 3. The summed E-state index contributed by atoms with van der Waals surface area (Å²) >= 11 is 5.52. The molecule has 0 aliphatic carbocycles. The number of hydrogen-bond acceptors (Lipinski definition) is 5. The molecule has 0 saturated carbocycles. The molecule has 0 aliphatic rings. The number of aromatic nitrogens is 3. The Labute approximate surface area is 74.7 Å². The van der Waals surface area contributed by atoms with Gasteiger partial charge in [0.1, 0.15) is 0 Å². The quantitative estimate of drug-likeness (QED) is 0.653. The van der Waals surface area contributed by atoms with E-state index in [4.69, 9.17) is 21.1 Å². The average Bonchev–Trinajstić information content (AvgIpc) is 2.16. The fourth-order valence-corrected chi connectivity index (χ4v) is 0.739. The molecule has 1 aromatic heterocycles. The van der Waals surface area contributed by atoms with E-state index in [2.05, 4.69) is 15.0 Å². The lowest BCUT2D eigenvalue weighted by Gasteiger charge is -2.01. The van der Waals surface area contributed by atoms with Gasteiger partial charge in [-0.2, -0.15) is 9.97 Å². The maximum absolute atomic E-state index is 5.52. The van der Waals surface area contributed by atoms with Crippen molar-refractivity contribution in [1.29, 1.82) is 0 Å². The monoisotopic (exact) mass is 189 g/mol. The van der Waals surface area contributed by atoms with E-state index in [1.807, 2.05) is 0 Å². The maximum Gasteiger partial charge on any atom is 0.322 e. The first kappa shape index (κ1) is 8.99. The predicted octanol–water partition coefficient (Wildman–Crippen LogP) is 0.628. The van der Waals surface area contributed by atoms with Gasteiger partial charge in [0.25, 0.3) is 0 Å². The lowest BCUT2D eigenvalue weighted by molar-refractivity contribution is 0.337. The normalized spacial score (nSPS) is 9.58. The van der Waals surface area contributed by atoms with Gasteiger partial charge in [-0.25, -0.2) is 0 Å². The van der Waals surface area contributed by atoms with Crippen LogP contribution in [-0.4, -0.2) is 29.2 Å². The van der Waals surface area contributed by atoms with Crippen molar-refractivity contribution in [3.8, 4) is 12.0 Å². The van der Waals surface area contributed by atoms with Gasteiger partial charge in [-0.3, -0.25) is 0 Å². The van der Waals surface area contributed by atoms with Gasteiger partial charge in [0, 0.05) is 0 Å². The highest BCUT2D eigenvalue weighted by Gasteiger charge is 2.04. The summed E-state index contributed by atoms with van der Waals surface area (Å²) in [6.45, 7) is 0. The molecule has 0 aromatic carbocycles. The van der Waals surface area contributed by atoms with Crippen LogP contribution in [0.25, 0.3) is 0 Å². The van der Waals surface area contributed by atoms with Gasteiger partial charge in [-0.15, -0.1) is 16.6 Å². The molecule has 0 amide bonds. The predicted molar refractivity (Wildman–Crippen MR) is 42.5 cm³/mol. The summed E-state index contributed by atoms with van der Waals surface area (Å²) in [5.41, 5.74) is 0. The third-order valence-electron chi connectivity index (χ3n) is 1.13. The number of ether oxygens (including phenoxy) is 2. The molecule has 0 fully saturated rings. The van der Waals surface area contributed by atoms with Crippen LogP contribution in [0, 0.1) is 0 Å². The zero-order chi connectivity index (χ0) is 8.97. The van der Waals surface area contributed by atoms with Gasteiger partial charge in [-0.1, -0.05) is 0 Å². The highest BCUT2D eigenvalue weighted by atomic mass is 35.5. The molecule has 6 heteroatoms. The summed E-state index contributed by atoms with van der Waals surface area (Å²) in [5.74, 6) is 0.635. The minimum absolute atomic E-state index is 0.204. The Kier molecular flexibility index (Phi) is 3.04. The Morgan fingerprint density at radius 2 is 1.58 bits per heavy atom. The van der Waals surface area contributed by atoms with Crippen molar-refractivity contribution in [2.75, 3.05) is 14.2 Å². The summed E-state index contributed by atoms with van der Waals surface area (Å²) in [6.07, 6.45) is 0. The Hall–Kier alpha value is -1.10. The number of alkyl halides is 1. The molecule has 66 valence electrons. The topological polar surface area (TPSA) is 57.1 Å². The largest absolute Gasteiger partial charge is 0.467 e. The van der Waals surface area contributed by atoms with Gasteiger partial charge < -0.3 is 9.47 Å². The molecule has 0 atom stereocenters. The van der Waals surface area contributed by atoms with E-state index >= 15 is 0 Å². The number of hydrogen-bond donors (Lipinski definition) is 0. The van der Waals surface area contributed by atoms with E-state index in [1.54, 1.807) is 0 Å². The highest BCUT2D eigenvalue weighted by Crippen LogP contribution is 2.09. The standard InChI is InChI=1S/C6H8ClN3O2/c1-11-5-8-4(3-7)9-6(10-5)12-2/h3H2,1-2H3. The second-order valence-electron chi connectivity index (χ2n) is 1.86. The van der Waals surface area contributed by atoms with E-state index in [9.17, 15) is 0 Å². The fourth-order valence-electron chi connectivity index (χ4n) is 0.620. The summed E-state index contributed by atoms with van der Waals surface area (Å²) in [5, 5.41) is 0. The second-order valence-corrected chi connectivity index (χ2v) is 2.13. The van der Waals surface area contributed by atoms with Gasteiger partial charge in [0.05, 0.1) is 20.1 Å². The van der Waals surface area contributed by atoms with Crippen molar-refractivity contribution in [2.45, 2.75) is 5.88 Å². The molecule has 1 heterocycles. The third kappa shape index (κ3) is 1.94. The van der Waals surface area contributed by atoms with E-state index in [0.29, 0.717) is 5.82 Å². The second kappa shape index (κ2) is 4.06. The smallest absolute Gasteiger partial charge is 0.322 e. The number of nitrogens with zero attached hydrogens (tertiary/aromatic N) is 3. The van der Waals surface area contributed by atoms with Crippen LogP contribution in [0.15, 0.2) is 0 Å². The molecule has 1 rings (SSSR count). The van der Waals surface area contributed by atoms with Gasteiger partial charge >= 0.3 is 12.0 Å². The molecule has 1 aromatic rings. The van der Waals surface area contributed by atoms with Crippen LogP contribution in [0.1, 0.15) is 5.82 Å². The molecule has 0 spiro atoms. The molecule has 0 unspecified atom stereocenters. The summed E-state index contributed by atoms with van der Waals surface area (Å²) in [4.78, 5) is 11.5. The maximum atomic E-state index is 5.52. The van der Waals surface area contributed by atoms with Crippen LogP contribution in [-0.2, 0) is 5.88 Å². The number of methoxy groups -OCH3 is 2. The SMILES string of the molecule is COc1nc(CCl)nc(OC)n1. The van der Waals surface area contributed by atoms with Gasteiger partial charge in [0.2, 0.25) is 0 Å². The van der Waals surface area contributed by atoms with E-state index in [1.165, 1.54) is 14.2 Å². The first-order valence-corrected chi connectivity index (χ1v) is 3.72. The summed E-state index contributed by atoms with van der Waals surface area (Å²) in [7, 11) is 2.93.